The third kappa shape index (κ3) is 17.9. The van der Waals surface area contributed by atoms with E-state index in [1.165, 1.54) is 262 Å². The minimum absolute atomic E-state index is 0.0719. The van der Waals surface area contributed by atoms with Crippen molar-refractivity contribution in [2.45, 2.75) is 232 Å². The fraction of sp³-hybridized carbons (Fsp3) is 0.327. The molecule has 13 aromatic rings. The second kappa shape index (κ2) is 37.7. The molecular formula is C110H118N4. The summed E-state index contributed by atoms with van der Waals surface area (Å²) >= 11 is 0. The number of aromatic nitrogens is 4. The van der Waals surface area contributed by atoms with E-state index >= 15 is 0 Å². The quantitative estimate of drug-likeness (QED) is 0.0362. The van der Waals surface area contributed by atoms with Gasteiger partial charge in [0.1, 0.15) is 0 Å². The smallest absolute Gasteiger partial charge is 0.160 e. The van der Waals surface area contributed by atoms with Crippen LogP contribution in [0.15, 0.2) is 267 Å². The van der Waals surface area contributed by atoms with Crippen molar-refractivity contribution in [2.24, 2.45) is 0 Å². The molecule has 2 aromatic heterocycles. The molecule has 0 atom stereocenters. The van der Waals surface area contributed by atoms with E-state index in [1.807, 2.05) is 0 Å². The minimum atomic E-state index is -0.216. The molecule has 0 aliphatic heterocycles. The van der Waals surface area contributed by atoms with Gasteiger partial charge in [0.25, 0.3) is 0 Å². The number of fused-ring (bicyclic) bond motifs is 6. The Hall–Kier alpha value is -10.4. The van der Waals surface area contributed by atoms with Gasteiger partial charge in [-0.15, -0.1) is 0 Å². The van der Waals surface area contributed by atoms with E-state index in [0.717, 1.165) is 80.6 Å². The normalized spacial score (nSPS) is 12.9. The predicted molar refractivity (Wildman–Crippen MR) is 486 cm³/mol. The molecular weight excluding hydrogens is 1380 g/mol. The molecule has 578 valence electrons. The predicted octanol–water partition coefficient (Wildman–Crippen LogP) is 32.1. The summed E-state index contributed by atoms with van der Waals surface area (Å²) in [7, 11) is 0. The van der Waals surface area contributed by atoms with Crippen molar-refractivity contribution in [3.05, 3.63) is 300 Å². The summed E-state index contributed by atoms with van der Waals surface area (Å²) in [5.41, 5.74) is 33.6. The van der Waals surface area contributed by atoms with E-state index in [4.69, 9.17) is 19.9 Å². The summed E-state index contributed by atoms with van der Waals surface area (Å²) in [5, 5.41) is 0. The standard InChI is InChI=1S/C110H118N4/c1-7-11-15-19-23-36-65-109(66-37-24-20-16-12-8-2)99-69-80(6)51-61-95(99)96-63-59-89(75-101(96)109)92-71-93(73-94(72-92)108-112-103(83-41-30-27-31-42-83)77-104(113-108)84-43-32-28-33-44-84)90-60-64-98-97-62-58-88(74-100(97)110(102(98)76-90,67-38-25-21-17-13-9-3)68-39-26-22-18-14-10-4)87-47-40-48-91(70-87)106-78-105(111-107(114-106)86-45-34-29-35-46-86)85-56-54-82(55-57-85)81-52-49-79(5)50-53-81/h27-35,40-64,69-78H,7-26,36-39,65-68H2,1-6H3. The molecule has 0 saturated carbocycles. The molecule has 11 aromatic carbocycles. The zero-order chi connectivity index (χ0) is 78.1. The Morgan fingerprint density at radius 2 is 0.465 bits per heavy atom. The SMILES string of the molecule is CCCCCCCCC1(CCCCCCCC)c2cc(C)ccc2-c2ccc(-c3cc(-c4ccc5c(c4)C(CCCCCCCC)(CCCCCCCC)c4cc(-c6cccc(-c7cc(-c8ccc(-c9ccc(C)cc9)cc8)nc(-c8ccccc8)n7)c6)ccc4-5)cc(-c4nc(-c5ccccc5)cc(-c5ccccc5)n4)c3)cc21. The highest BCUT2D eigenvalue weighted by molar-refractivity contribution is 5.90. The van der Waals surface area contributed by atoms with E-state index in [0.29, 0.717) is 0 Å². The van der Waals surface area contributed by atoms with E-state index in [9.17, 15) is 0 Å². The molecule has 0 radical (unpaired) electrons. The van der Waals surface area contributed by atoms with Gasteiger partial charge in [0.2, 0.25) is 0 Å². The summed E-state index contributed by atoms with van der Waals surface area (Å²) in [5.74, 6) is 1.45. The van der Waals surface area contributed by atoms with Crippen LogP contribution in [0, 0.1) is 13.8 Å². The molecule has 0 fully saturated rings. The fourth-order valence-electron chi connectivity index (χ4n) is 18.9. The molecule has 0 amide bonds. The molecule has 0 unspecified atom stereocenters. The number of nitrogens with zero attached hydrogens (tertiary/aromatic N) is 4. The van der Waals surface area contributed by atoms with Crippen molar-refractivity contribution in [3.63, 3.8) is 0 Å². The van der Waals surface area contributed by atoms with Gasteiger partial charge in [-0.1, -0.05) is 405 Å². The number of hydrogen-bond donors (Lipinski definition) is 0. The molecule has 0 bridgehead atoms. The first-order valence-corrected chi connectivity index (χ1v) is 44.1. The van der Waals surface area contributed by atoms with Gasteiger partial charge < -0.3 is 0 Å². The van der Waals surface area contributed by atoms with Gasteiger partial charge in [0.05, 0.1) is 22.8 Å². The Bertz CT molecular complexity index is 5250. The molecule has 114 heavy (non-hydrogen) atoms. The van der Waals surface area contributed by atoms with Gasteiger partial charge in [-0.3, -0.25) is 0 Å². The second-order valence-corrected chi connectivity index (χ2v) is 33.4. The van der Waals surface area contributed by atoms with Crippen LogP contribution < -0.4 is 0 Å². The molecule has 4 heteroatoms. The van der Waals surface area contributed by atoms with Crippen molar-refractivity contribution in [1.82, 2.24) is 19.9 Å². The maximum Gasteiger partial charge on any atom is 0.160 e. The minimum Gasteiger partial charge on any atom is -0.228 e. The van der Waals surface area contributed by atoms with Crippen molar-refractivity contribution in [2.75, 3.05) is 0 Å². The van der Waals surface area contributed by atoms with Crippen molar-refractivity contribution in [3.8, 4) is 135 Å². The Morgan fingerprint density at radius 3 is 0.886 bits per heavy atom. The first kappa shape index (κ1) is 78.8. The van der Waals surface area contributed by atoms with Crippen LogP contribution >= 0.6 is 0 Å². The lowest BCUT2D eigenvalue weighted by atomic mass is 9.69. The maximum atomic E-state index is 5.62. The van der Waals surface area contributed by atoms with Crippen LogP contribution in [0.2, 0.25) is 0 Å². The average molecular weight is 1500 g/mol. The number of hydrogen-bond acceptors (Lipinski definition) is 4. The van der Waals surface area contributed by atoms with Crippen LogP contribution in [-0.2, 0) is 10.8 Å². The highest BCUT2D eigenvalue weighted by atomic mass is 14.9. The van der Waals surface area contributed by atoms with Crippen LogP contribution in [0.5, 0.6) is 0 Å². The van der Waals surface area contributed by atoms with Gasteiger partial charge in [0.15, 0.2) is 11.6 Å². The van der Waals surface area contributed by atoms with Crippen molar-refractivity contribution < 1.29 is 0 Å². The van der Waals surface area contributed by atoms with E-state index in [1.54, 1.807) is 5.56 Å². The second-order valence-electron chi connectivity index (χ2n) is 33.4. The largest absolute Gasteiger partial charge is 0.228 e. The summed E-state index contributed by atoms with van der Waals surface area (Å²) in [6.45, 7) is 13.8. The first-order chi connectivity index (χ1) is 56.1. The molecule has 0 spiro atoms. The Balaban J connectivity index is 0.874. The van der Waals surface area contributed by atoms with E-state index in [2.05, 4.69) is 308 Å². The van der Waals surface area contributed by atoms with Crippen LogP contribution in [0.4, 0.5) is 0 Å². The Labute approximate surface area is 682 Å². The van der Waals surface area contributed by atoms with Crippen LogP contribution in [0.1, 0.15) is 241 Å². The molecule has 2 aliphatic rings. The van der Waals surface area contributed by atoms with E-state index in [-0.39, 0.29) is 10.8 Å². The number of aryl methyl sites for hydroxylation is 2. The monoisotopic (exact) mass is 1490 g/mol. The number of unbranched alkanes of at least 4 members (excludes halogenated alkanes) is 20. The lowest BCUT2D eigenvalue weighted by Gasteiger charge is -2.33. The third-order valence-corrected chi connectivity index (χ3v) is 25.2. The maximum absolute atomic E-state index is 5.62. The zero-order valence-electron chi connectivity index (χ0n) is 69.0. The van der Waals surface area contributed by atoms with Crippen LogP contribution in [0.3, 0.4) is 0 Å². The molecule has 2 aliphatic carbocycles. The molecule has 2 heterocycles. The summed E-state index contributed by atoms with van der Waals surface area (Å²) in [6, 6.07) is 101. The Kier molecular flexibility index (Phi) is 26.1. The molecule has 0 N–H and O–H groups in total. The van der Waals surface area contributed by atoms with Crippen LogP contribution in [-0.4, -0.2) is 19.9 Å². The van der Waals surface area contributed by atoms with Crippen LogP contribution in [0.25, 0.3) is 135 Å². The summed E-state index contributed by atoms with van der Waals surface area (Å²) < 4.78 is 0. The number of rotatable bonds is 38. The van der Waals surface area contributed by atoms with Crippen molar-refractivity contribution in [1.29, 1.82) is 0 Å². The zero-order valence-corrected chi connectivity index (χ0v) is 69.0. The summed E-state index contributed by atoms with van der Waals surface area (Å²) in [6.07, 6.45) is 35.0. The van der Waals surface area contributed by atoms with Gasteiger partial charge in [-0.05, 0) is 183 Å². The average Bonchev–Trinajstić information content (AvgIpc) is 1.28. The lowest BCUT2D eigenvalue weighted by Crippen LogP contribution is -2.25. The lowest BCUT2D eigenvalue weighted by molar-refractivity contribution is 0.398. The molecule has 15 rings (SSSR count). The Morgan fingerprint density at radius 1 is 0.193 bits per heavy atom. The third-order valence-electron chi connectivity index (χ3n) is 25.2. The molecule has 4 nitrogen and oxygen atoms in total. The van der Waals surface area contributed by atoms with Gasteiger partial charge in [0, 0.05) is 44.2 Å². The van der Waals surface area contributed by atoms with Gasteiger partial charge >= 0.3 is 0 Å². The van der Waals surface area contributed by atoms with Gasteiger partial charge in [-0.2, -0.15) is 0 Å². The van der Waals surface area contributed by atoms with Gasteiger partial charge in [-0.25, -0.2) is 19.9 Å². The summed E-state index contributed by atoms with van der Waals surface area (Å²) in [4.78, 5) is 21.9. The van der Waals surface area contributed by atoms with E-state index < -0.39 is 0 Å². The topological polar surface area (TPSA) is 51.6 Å². The number of benzene rings is 11. The highest BCUT2D eigenvalue weighted by Gasteiger charge is 2.44. The van der Waals surface area contributed by atoms with Crippen molar-refractivity contribution >= 4 is 0 Å². The molecule has 0 saturated heterocycles. The fourth-order valence-corrected chi connectivity index (χ4v) is 18.9. The first-order valence-electron chi connectivity index (χ1n) is 44.1. The highest BCUT2D eigenvalue weighted by Crippen LogP contribution is 2.58.